The van der Waals surface area contributed by atoms with Crippen LogP contribution in [0.25, 0.3) is 11.3 Å². The predicted molar refractivity (Wildman–Crippen MR) is 94.6 cm³/mol. The fraction of sp³-hybridized carbons (Fsp3) is 0.158. The summed E-state index contributed by atoms with van der Waals surface area (Å²) < 4.78 is 38.3. The van der Waals surface area contributed by atoms with Crippen LogP contribution >= 0.6 is 0 Å². The number of rotatable bonds is 3. The molecule has 0 bridgehead atoms. The molecule has 0 fully saturated rings. The van der Waals surface area contributed by atoms with E-state index in [-0.39, 0.29) is 17.1 Å². The lowest BCUT2D eigenvalue weighted by molar-refractivity contribution is -0.137. The third kappa shape index (κ3) is 3.94. The number of aryl methyl sites for hydroxylation is 2. The van der Waals surface area contributed by atoms with Crippen LogP contribution < -0.4 is 5.32 Å². The molecule has 0 aliphatic carbocycles. The molecule has 0 aliphatic heterocycles. The number of phenols is 1. The highest BCUT2D eigenvalue weighted by Gasteiger charge is 2.30. The molecular weight excluding hydrogens is 359 g/mol. The van der Waals surface area contributed by atoms with E-state index in [4.69, 9.17) is 0 Å². The lowest BCUT2D eigenvalue weighted by Crippen LogP contribution is -2.13. The maximum absolute atomic E-state index is 12.8. The van der Waals surface area contributed by atoms with E-state index in [2.05, 4.69) is 15.5 Å². The van der Waals surface area contributed by atoms with Gasteiger partial charge in [-0.25, -0.2) is 0 Å². The molecule has 0 aliphatic rings. The van der Waals surface area contributed by atoms with Gasteiger partial charge < -0.3 is 10.4 Å². The number of hydrogen-bond acceptors (Lipinski definition) is 3. The van der Waals surface area contributed by atoms with Gasteiger partial charge in [0.05, 0.1) is 11.3 Å². The van der Waals surface area contributed by atoms with Crippen LogP contribution in [0.5, 0.6) is 5.75 Å². The standard InChI is InChI=1S/C19H16F3N3O2/c1-10-6-11(2)17(26)14(7-10)15-9-16(25-24-15)18(27)23-13-5-3-4-12(8-13)19(20,21)22/h3-9,26H,1-2H3,(H,23,27)(H,24,25). The Morgan fingerprint density at radius 2 is 1.89 bits per heavy atom. The van der Waals surface area contributed by atoms with Crippen molar-refractivity contribution in [3.8, 4) is 17.0 Å². The predicted octanol–water partition coefficient (Wildman–Crippen LogP) is 4.67. The van der Waals surface area contributed by atoms with Crippen LogP contribution in [0.15, 0.2) is 42.5 Å². The number of nitrogens with one attached hydrogen (secondary N) is 2. The quantitative estimate of drug-likeness (QED) is 0.622. The summed E-state index contributed by atoms with van der Waals surface area (Å²) in [6.45, 7) is 3.61. The van der Waals surface area contributed by atoms with E-state index >= 15 is 0 Å². The Balaban J connectivity index is 1.84. The normalized spacial score (nSPS) is 11.4. The van der Waals surface area contributed by atoms with Gasteiger partial charge in [0.1, 0.15) is 11.4 Å². The first-order valence-corrected chi connectivity index (χ1v) is 8.00. The average molecular weight is 375 g/mol. The summed E-state index contributed by atoms with van der Waals surface area (Å²) in [4.78, 5) is 12.3. The van der Waals surface area contributed by atoms with E-state index in [0.29, 0.717) is 16.8 Å². The Labute approximate surface area is 152 Å². The molecule has 3 rings (SSSR count). The number of aromatic nitrogens is 2. The highest BCUT2D eigenvalue weighted by molar-refractivity contribution is 6.03. The van der Waals surface area contributed by atoms with Crippen LogP contribution in [0.2, 0.25) is 0 Å². The van der Waals surface area contributed by atoms with E-state index in [9.17, 15) is 23.1 Å². The zero-order chi connectivity index (χ0) is 19.8. The number of halogens is 3. The van der Waals surface area contributed by atoms with Gasteiger partial charge in [0.25, 0.3) is 5.91 Å². The van der Waals surface area contributed by atoms with Gasteiger partial charge in [0.2, 0.25) is 0 Å². The van der Waals surface area contributed by atoms with Crippen molar-refractivity contribution in [2.75, 3.05) is 5.32 Å². The number of phenolic OH excluding ortho intramolecular Hbond substituents is 1. The summed E-state index contributed by atoms with van der Waals surface area (Å²) in [5.74, 6) is -0.589. The number of amides is 1. The highest BCUT2D eigenvalue weighted by atomic mass is 19.4. The van der Waals surface area contributed by atoms with Crippen molar-refractivity contribution in [3.63, 3.8) is 0 Å². The molecule has 3 N–H and O–H groups in total. The number of nitrogens with zero attached hydrogens (tertiary/aromatic N) is 1. The molecule has 0 saturated carbocycles. The Morgan fingerprint density at radius 1 is 1.15 bits per heavy atom. The van der Waals surface area contributed by atoms with Crippen molar-refractivity contribution in [2.45, 2.75) is 20.0 Å². The van der Waals surface area contributed by atoms with Gasteiger partial charge in [-0.15, -0.1) is 0 Å². The molecule has 0 atom stereocenters. The van der Waals surface area contributed by atoms with Crippen LogP contribution in [-0.4, -0.2) is 21.2 Å². The number of aromatic hydroxyl groups is 1. The third-order valence-electron chi connectivity index (χ3n) is 3.99. The Hall–Kier alpha value is -3.29. The second kappa shape index (κ2) is 6.79. The second-order valence-corrected chi connectivity index (χ2v) is 6.18. The fourth-order valence-electron chi connectivity index (χ4n) is 2.70. The number of anilines is 1. The summed E-state index contributed by atoms with van der Waals surface area (Å²) in [5.41, 5.74) is 1.61. The summed E-state index contributed by atoms with van der Waals surface area (Å²) in [6, 6.07) is 9.32. The maximum Gasteiger partial charge on any atom is 0.416 e. The highest BCUT2D eigenvalue weighted by Crippen LogP contribution is 2.33. The first-order valence-electron chi connectivity index (χ1n) is 8.00. The average Bonchev–Trinajstić information content (AvgIpc) is 3.07. The number of H-pyrrole nitrogens is 1. The monoisotopic (exact) mass is 375 g/mol. The van der Waals surface area contributed by atoms with Crippen molar-refractivity contribution in [3.05, 3.63) is 64.8 Å². The second-order valence-electron chi connectivity index (χ2n) is 6.18. The van der Waals surface area contributed by atoms with E-state index in [1.807, 2.05) is 13.0 Å². The first kappa shape index (κ1) is 18.5. The maximum atomic E-state index is 12.8. The zero-order valence-electron chi connectivity index (χ0n) is 14.5. The van der Waals surface area contributed by atoms with Crippen LogP contribution in [0.4, 0.5) is 18.9 Å². The molecule has 27 heavy (non-hydrogen) atoms. The molecule has 2 aromatic carbocycles. The van der Waals surface area contributed by atoms with Crippen molar-refractivity contribution in [1.29, 1.82) is 0 Å². The Morgan fingerprint density at radius 3 is 2.59 bits per heavy atom. The summed E-state index contributed by atoms with van der Waals surface area (Å²) in [5, 5.41) is 19.2. The molecule has 1 aromatic heterocycles. The largest absolute Gasteiger partial charge is 0.507 e. The van der Waals surface area contributed by atoms with E-state index in [0.717, 1.165) is 17.7 Å². The van der Waals surface area contributed by atoms with Crippen molar-refractivity contribution in [2.24, 2.45) is 0 Å². The van der Waals surface area contributed by atoms with Gasteiger partial charge in [-0.05, 0) is 55.3 Å². The van der Waals surface area contributed by atoms with E-state index in [1.165, 1.54) is 18.2 Å². The van der Waals surface area contributed by atoms with Crippen molar-refractivity contribution in [1.82, 2.24) is 10.2 Å². The first-order chi connectivity index (χ1) is 12.6. The van der Waals surface area contributed by atoms with Gasteiger partial charge in [0.15, 0.2) is 0 Å². The summed E-state index contributed by atoms with van der Waals surface area (Å²) in [6.07, 6.45) is -4.50. The molecule has 5 nitrogen and oxygen atoms in total. The number of aromatic amines is 1. The molecule has 0 unspecified atom stereocenters. The molecule has 1 amide bonds. The van der Waals surface area contributed by atoms with Crippen LogP contribution in [0.1, 0.15) is 27.2 Å². The molecule has 8 heteroatoms. The number of carbonyl (C=O) groups is 1. The third-order valence-corrected chi connectivity index (χ3v) is 3.99. The molecule has 140 valence electrons. The van der Waals surface area contributed by atoms with Gasteiger partial charge >= 0.3 is 6.18 Å². The van der Waals surface area contributed by atoms with Gasteiger partial charge in [-0.2, -0.15) is 18.3 Å². The van der Waals surface area contributed by atoms with Crippen molar-refractivity contribution < 1.29 is 23.1 Å². The molecule has 1 heterocycles. The number of benzene rings is 2. The lowest BCUT2D eigenvalue weighted by Gasteiger charge is -2.09. The topological polar surface area (TPSA) is 78.0 Å². The van der Waals surface area contributed by atoms with Gasteiger partial charge in [0, 0.05) is 11.3 Å². The Kier molecular flexibility index (Phi) is 4.65. The van der Waals surface area contributed by atoms with Crippen LogP contribution in [0, 0.1) is 13.8 Å². The van der Waals surface area contributed by atoms with Crippen molar-refractivity contribution >= 4 is 11.6 Å². The van der Waals surface area contributed by atoms with Crippen LogP contribution in [0.3, 0.4) is 0 Å². The molecule has 0 saturated heterocycles. The molecular formula is C19H16F3N3O2. The zero-order valence-corrected chi connectivity index (χ0v) is 14.5. The smallest absolute Gasteiger partial charge is 0.416 e. The molecule has 3 aromatic rings. The van der Waals surface area contributed by atoms with E-state index in [1.54, 1.807) is 13.0 Å². The minimum absolute atomic E-state index is 0.0141. The lowest BCUT2D eigenvalue weighted by atomic mass is 10.0. The van der Waals surface area contributed by atoms with Crippen LogP contribution in [-0.2, 0) is 6.18 Å². The minimum atomic E-state index is -4.50. The van der Waals surface area contributed by atoms with Gasteiger partial charge in [-0.1, -0.05) is 12.1 Å². The molecule has 0 spiro atoms. The Bertz CT molecular complexity index is 1010. The summed E-state index contributed by atoms with van der Waals surface area (Å²) in [7, 11) is 0. The SMILES string of the molecule is Cc1cc(C)c(O)c(-c2cc(C(=O)Nc3cccc(C(F)(F)F)c3)[nH]n2)c1. The van der Waals surface area contributed by atoms with E-state index < -0.39 is 17.6 Å². The fourth-order valence-corrected chi connectivity index (χ4v) is 2.70. The van der Waals surface area contributed by atoms with Gasteiger partial charge in [-0.3, -0.25) is 9.89 Å². The molecule has 0 radical (unpaired) electrons. The number of carbonyl (C=O) groups excluding carboxylic acids is 1. The summed E-state index contributed by atoms with van der Waals surface area (Å²) >= 11 is 0. The minimum Gasteiger partial charge on any atom is -0.507 e. The number of hydrogen-bond donors (Lipinski definition) is 3. The number of alkyl halides is 3.